The molecule has 6 heteroatoms. The first-order valence-corrected chi connectivity index (χ1v) is 9.19. The number of halogens is 3. The molecule has 0 unspecified atom stereocenters. The third-order valence-corrected chi connectivity index (χ3v) is 7.27. The maximum absolute atomic E-state index is 14.3. The van der Waals surface area contributed by atoms with Crippen molar-refractivity contribution in [1.29, 1.82) is 0 Å². The molecule has 0 radical (unpaired) electrons. The lowest BCUT2D eigenvalue weighted by molar-refractivity contribution is 0.494. The highest BCUT2D eigenvalue weighted by molar-refractivity contribution is 7.92. The first-order valence-electron chi connectivity index (χ1n) is 7.33. The number of benzene rings is 2. The van der Waals surface area contributed by atoms with Crippen LogP contribution >= 0.6 is 11.6 Å². The highest BCUT2D eigenvalue weighted by atomic mass is 35.5. The monoisotopic (exact) mass is 356 g/mol. The molecule has 0 atom stereocenters. The minimum Gasteiger partial charge on any atom is -0.223 e. The summed E-state index contributed by atoms with van der Waals surface area (Å²) in [5.74, 6) is -1.33. The lowest BCUT2D eigenvalue weighted by Gasteiger charge is -2.30. The largest absolute Gasteiger partial charge is 0.223 e. The number of hydrogen-bond donors (Lipinski definition) is 0. The molecule has 2 aromatic rings. The quantitative estimate of drug-likeness (QED) is 0.786. The zero-order chi connectivity index (χ0) is 16.7. The second kappa shape index (κ2) is 5.87. The van der Waals surface area contributed by atoms with Crippen LogP contribution in [0.1, 0.15) is 31.2 Å². The third kappa shape index (κ3) is 2.66. The summed E-state index contributed by atoms with van der Waals surface area (Å²) in [6.45, 7) is 0. The first-order chi connectivity index (χ1) is 10.9. The van der Waals surface area contributed by atoms with Crippen molar-refractivity contribution < 1.29 is 17.2 Å². The molecular formula is C17H15ClF2O2S. The summed E-state index contributed by atoms with van der Waals surface area (Å²) in [5, 5.41) is 0.418. The van der Waals surface area contributed by atoms with Gasteiger partial charge < -0.3 is 0 Å². The molecular weight excluding hydrogens is 342 g/mol. The van der Waals surface area contributed by atoms with Gasteiger partial charge in [0.1, 0.15) is 16.4 Å². The van der Waals surface area contributed by atoms with Gasteiger partial charge in [0.2, 0.25) is 0 Å². The molecule has 122 valence electrons. The van der Waals surface area contributed by atoms with Crippen LogP contribution in [0.15, 0.2) is 47.4 Å². The molecule has 2 aromatic carbocycles. The Morgan fingerprint density at radius 3 is 2.17 bits per heavy atom. The second-order valence-corrected chi connectivity index (χ2v) is 8.48. The standard InChI is InChI=1S/C17H15ClF2O2S/c18-12-3-6-14(7-4-12)23(21,22)17(9-1-2-10-17)15-11-13(19)5-8-16(15)20/h3-8,11H,1-2,9-10H2. The summed E-state index contributed by atoms with van der Waals surface area (Å²) in [6, 6.07) is 8.79. The summed E-state index contributed by atoms with van der Waals surface area (Å²) < 4.78 is 52.9. The molecule has 1 fully saturated rings. The van der Waals surface area contributed by atoms with Gasteiger partial charge in [-0.25, -0.2) is 17.2 Å². The van der Waals surface area contributed by atoms with E-state index in [1.165, 1.54) is 24.3 Å². The molecule has 0 saturated heterocycles. The smallest absolute Gasteiger partial charge is 0.188 e. The Balaban J connectivity index is 2.22. The second-order valence-electron chi connectivity index (χ2n) is 5.78. The molecule has 0 spiro atoms. The minimum atomic E-state index is -3.87. The molecule has 0 amide bonds. The van der Waals surface area contributed by atoms with E-state index in [-0.39, 0.29) is 23.3 Å². The van der Waals surface area contributed by atoms with Gasteiger partial charge in [-0.1, -0.05) is 24.4 Å². The van der Waals surface area contributed by atoms with E-state index in [1.807, 2.05) is 0 Å². The summed E-state index contributed by atoms with van der Waals surface area (Å²) in [6.07, 6.45) is 1.86. The molecule has 0 aliphatic heterocycles. The maximum Gasteiger partial charge on any atom is 0.188 e. The zero-order valence-corrected chi connectivity index (χ0v) is 13.8. The van der Waals surface area contributed by atoms with Crippen LogP contribution in [0.5, 0.6) is 0 Å². The maximum atomic E-state index is 14.3. The van der Waals surface area contributed by atoms with E-state index in [1.54, 1.807) is 0 Å². The molecule has 0 bridgehead atoms. The zero-order valence-electron chi connectivity index (χ0n) is 12.2. The molecule has 1 aliphatic carbocycles. The van der Waals surface area contributed by atoms with Crippen molar-refractivity contribution in [3.63, 3.8) is 0 Å². The lowest BCUT2D eigenvalue weighted by atomic mass is 9.96. The minimum absolute atomic E-state index is 0.0764. The Morgan fingerprint density at radius 1 is 0.957 bits per heavy atom. The fraction of sp³-hybridized carbons (Fsp3) is 0.294. The molecule has 0 aromatic heterocycles. The van der Waals surface area contributed by atoms with Crippen LogP contribution in [-0.4, -0.2) is 8.42 Å². The van der Waals surface area contributed by atoms with E-state index in [4.69, 9.17) is 11.6 Å². The Kier molecular flexibility index (Phi) is 4.19. The van der Waals surface area contributed by atoms with Crippen molar-refractivity contribution in [3.05, 3.63) is 64.7 Å². The molecule has 2 nitrogen and oxygen atoms in total. The first kappa shape index (κ1) is 16.4. The predicted molar refractivity (Wildman–Crippen MR) is 85.1 cm³/mol. The Hall–Kier alpha value is -1.46. The fourth-order valence-electron chi connectivity index (χ4n) is 3.31. The lowest BCUT2D eigenvalue weighted by Crippen LogP contribution is -2.34. The van der Waals surface area contributed by atoms with Gasteiger partial charge in [-0.15, -0.1) is 0 Å². The van der Waals surface area contributed by atoms with E-state index >= 15 is 0 Å². The summed E-state index contributed by atoms with van der Waals surface area (Å²) in [4.78, 5) is 0.0764. The molecule has 3 rings (SSSR count). The number of rotatable bonds is 3. The normalized spacial score (nSPS) is 17.3. The Bertz CT molecular complexity index is 826. The highest BCUT2D eigenvalue weighted by Gasteiger charge is 2.49. The molecule has 23 heavy (non-hydrogen) atoms. The molecule has 0 N–H and O–H groups in total. The molecule has 1 saturated carbocycles. The van der Waals surface area contributed by atoms with Gasteiger partial charge in [0.05, 0.1) is 4.90 Å². The Labute approximate surface area is 139 Å². The average Bonchev–Trinajstić information content (AvgIpc) is 3.01. The van der Waals surface area contributed by atoms with Crippen LogP contribution in [0.25, 0.3) is 0 Å². The van der Waals surface area contributed by atoms with E-state index < -0.39 is 26.2 Å². The average molecular weight is 357 g/mol. The van der Waals surface area contributed by atoms with Gasteiger partial charge in [0.25, 0.3) is 0 Å². The topological polar surface area (TPSA) is 34.1 Å². The molecule has 1 aliphatic rings. The summed E-state index contributed by atoms with van der Waals surface area (Å²) in [7, 11) is -3.87. The highest BCUT2D eigenvalue weighted by Crippen LogP contribution is 2.49. The van der Waals surface area contributed by atoms with Gasteiger partial charge in [-0.2, -0.15) is 0 Å². The van der Waals surface area contributed by atoms with E-state index in [0.717, 1.165) is 18.2 Å². The van der Waals surface area contributed by atoms with Crippen molar-refractivity contribution in [2.45, 2.75) is 35.3 Å². The number of sulfone groups is 1. The van der Waals surface area contributed by atoms with E-state index in [2.05, 4.69) is 0 Å². The van der Waals surface area contributed by atoms with Crippen LogP contribution < -0.4 is 0 Å². The van der Waals surface area contributed by atoms with Gasteiger partial charge in [-0.3, -0.25) is 0 Å². The van der Waals surface area contributed by atoms with Crippen LogP contribution in [0, 0.1) is 11.6 Å². The van der Waals surface area contributed by atoms with Gasteiger partial charge >= 0.3 is 0 Å². The van der Waals surface area contributed by atoms with Crippen LogP contribution in [0.4, 0.5) is 8.78 Å². The van der Waals surface area contributed by atoms with E-state index in [0.29, 0.717) is 17.9 Å². The van der Waals surface area contributed by atoms with E-state index in [9.17, 15) is 17.2 Å². The SMILES string of the molecule is O=S(=O)(c1ccc(Cl)cc1)C1(c2cc(F)ccc2F)CCCC1. The third-order valence-electron chi connectivity index (χ3n) is 4.47. The van der Waals surface area contributed by atoms with Gasteiger partial charge in [0, 0.05) is 10.6 Å². The van der Waals surface area contributed by atoms with Crippen LogP contribution in [0.2, 0.25) is 5.02 Å². The van der Waals surface area contributed by atoms with Crippen molar-refractivity contribution in [1.82, 2.24) is 0 Å². The van der Waals surface area contributed by atoms with Crippen molar-refractivity contribution >= 4 is 21.4 Å². The van der Waals surface area contributed by atoms with Gasteiger partial charge in [0.15, 0.2) is 9.84 Å². The summed E-state index contributed by atoms with van der Waals surface area (Å²) in [5.41, 5.74) is -0.0787. The van der Waals surface area contributed by atoms with Crippen molar-refractivity contribution in [3.8, 4) is 0 Å². The molecule has 0 heterocycles. The predicted octanol–water partition coefficient (Wildman–Crippen LogP) is 4.86. The Morgan fingerprint density at radius 2 is 1.57 bits per heavy atom. The van der Waals surface area contributed by atoms with Crippen molar-refractivity contribution in [2.24, 2.45) is 0 Å². The van der Waals surface area contributed by atoms with Crippen molar-refractivity contribution in [2.75, 3.05) is 0 Å². The van der Waals surface area contributed by atoms with Crippen LogP contribution in [-0.2, 0) is 14.6 Å². The fourth-order valence-corrected chi connectivity index (χ4v) is 5.66. The van der Waals surface area contributed by atoms with Gasteiger partial charge in [-0.05, 0) is 55.3 Å². The number of hydrogen-bond acceptors (Lipinski definition) is 2. The summed E-state index contributed by atoms with van der Waals surface area (Å²) >= 11 is 5.81. The van der Waals surface area contributed by atoms with Crippen LogP contribution in [0.3, 0.4) is 0 Å².